The van der Waals surface area contributed by atoms with Crippen molar-refractivity contribution < 1.29 is 14.3 Å². The van der Waals surface area contributed by atoms with Crippen LogP contribution in [0.2, 0.25) is 0 Å². The third-order valence-electron chi connectivity index (χ3n) is 2.89. The third-order valence-corrected chi connectivity index (χ3v) is 4.75. The van der Waals surface area contributed by atoms with Gasteiger partial charge in [0, 0.05) is 0 Å². The lowest BCUT2D eigenvalue weighted by Crippen LogP contribution is -2.17. The Labute approximate surface area is 136 Å². The zero-order chi connectivity index (χ0) is 15.4. The Balaban J connectivity index is 1.61. The number of fused-ring (bicyclic) bond motifs is 1. The highest BCUT2D eigenvalue weighted by Crippen LogP contribution is 2.31. The maximum atomic E-state index is 12.1. The lowest BCUT2D eigenvalue weighted by molar-refractivity contribution is -0.115. The van der Waals surface area contributed by atoms with Crippen molar-refractivity contribution in [2.45, 2.75) is 17.7 Å². The fourth-order valence-electron chi connectivity index (χ4n) is 1.99. The van der Waals surface area contributed by atoms with Gasteiger partial charge in [-0.25, -0.2) is 0 Å². The quantitative estimate of drug-likeness (QED) is 0.668. The van der Waals surface area contributed by atoms with Crippen LogP contribution >= 0.6 is 23.1 Å². The molecule has 1 aliphatic heterocycles. The maximum absolute atomic E-state index is 12.1. The van der Waals surface area contributed by atoms with E-state index < -0.39 is 0 Å². The average molecular weight is 337 g/mol. The summed E-state index contributed by atoms with van der Waals surface area (Å²) in [7, 11) is 0. The molecule has 0 aliphatic carbocycles. The topological polar surface area (TPSA) is 73.3 Å². The molecule has 1 aliphatic rings. The SMILES string of the molecule is CCSc1nnc(NC(=O)Cc2ccc3c(c2)OCCO3)s1. The molecule has 0 saturated heterocycles. The molecule has 2 heterocycles. The predicted molar refractivity (Wildman–Crippen MR) is 86.1 cm³/mol. The van der Waals surface area contributed by atoms with Crippen LogP contribution in [0.15, 0.2) is 22.5 Å². The smallest absolute Gasteiger partial charge is 0.230 e. The van der Waals surface area contributed by atoms with Crippen molar-refractivity contribution in [3.05, 3.63) is 23.8 Å². The second kappa shape index (κ2) is 6.97. The Morgan fingerprint density at radius 1 is 1.32 bits per heavy atom. The lowest BCUT2D eigenvalue weighted by Gasteiger charge is -2.18. The predicted octanol–water partition coefficient (Wildman–Crippen LogP) is 2.60. The van der Waals surface area contributed by atoms with Crippen LogP contribution in [0.4, 0.5) is 5.13 Å². The molecule has 116 valence electrons. The highest BCUT2D eigenvalue weighted by Gasteiger charge is 2.14. The molecule has 0 saturated carbocycles. The molecular weight excluding hydrogens is 322 g/mol. The minimum absolute atomic E-state index is 0.124. The van der Waals surface area contributed by atoms with E-state index in [2.05, 4.69) is 15.5 Å². The molecule has 0 atom stereocenters. The molecule has 22 heavy (non-hydrogen) atoms. The van der Waals surface area contributed by atoms with E-state index in [4.69, 9.17) is 9.47 Å². The Bertz CT molecular complexity index is 675. The molecule has 1 N–H and O–H groups in total. The van der Waals surface area contributed by atoms with Gasteiger partial charge in [0.05, 0.1) is 6.42 Å². The lowest BCUT2D eigenvalue weighted by atomic mass is 10.1. The van der Waals surface area contributed by atoms with Crippen LogP contribution in [0.3, 0.4) is 0 Å². The van der Waals surface area contributed by atoms with Crippen molar-refractivity contribution in [2.75, 3.05) is 24.3 Å². The van der Waals surface area contributed by atoms with E-state index in [9.17, 15) is 4.79 Å². The Hall–Kier alpha value is -1.80. The number of rotatable bonds is 5. The van der Waals surface area contributed by atoms with Crippen LogP contribution in [-0.4, -0.2) is 35.1 Å². The number of nitrogens with zero attached hydrogens (tertiary/aromatic N) is 2. The number of hydrogen-bond acceptors (Lipinski definition) is 7. The van der Waals surface area contributed by atoms with Crippen LogP contribution in [-0.2, 0) is 11.2 Å². The van der Waals surface area contributed by atoms with Crippen LogP contribution in [0.1, 0.15) is 12.5 Å². The normalized spacial score (nSPS) is 13.0. The van der Waals surface area contributed by atoms with E-state index in [1.807, 2.05) is 25.1 Å². The first kappa shape index (κ1) is 15.1. The van der Waals surface area contributed by atoms with Crippen LogP contribution in [0.25, 0.3) is 0 Å². The fraction of sp³-hybridized carbons (Fsp3) is 0.357. The molecule has 0 spiro atoms. The molecule has 0 bridgehead atoms. The molecule has 0 radical (unpaired) electrons. The molecule has 0 fully saturated rings. The van der Waals surface area contributed by atoms with E-state index in [0.717, 1.165) is 21.4 Å². The Kier molecular flexibility index (Phi) is 4.79. The standard InChI is InChI=1S/C14H15N3O3S2/c1-2-21-14-17-16-13(22-14)15-12(18)8-9-3-4-10-11(7-9)20-6-5-19-10/h3-4,7H,2,5-6,8H2,1H3,(H,15,16,18). The molecule has 1 aromatic carbocycles. The molecule has 0 unspecified atom stereocenters. The monoisotopic (exact) mass is 337 g/mol. The van der Waals surface area contributed by atoms with E-state index >= 15 is 0 Å². The van der Waals surface area contributed by atoms with E-state index in [1.165, 1.54) is 11.3 Å². The number of ether oxygens (including phenoxy) is 2. The zero-order valence-corrected chi connectivity index (χ0v) is 13.6. The summed E-state index contributed by atoms with van der Waals surface area (Å²) in [5, 5.41) is 11.3. The van der Waals surface area contributed by atoms with Crippen molar-refractivity contribution in [2.24, 2.45) is 0 Å². The fourth-order valence-corrected chi connectivity index (χ4v) is 3.65. The van der Waals surface area contributed by atoms with E-state index in [-0.39, 0.29) is 12.3 Å². The number of carbonyl (C=O) groups is 1. The number of carbonyl (C=O) groups excluding carboxylic acids is 1. The second-order valence-corrected chi connectivity index (χ2v) is 7.00. The van der Waals surface area contributed by atoms with Gasteiger partial charge in [0.15, 0.2) is 15.8 Å². The largest absolute Gasteiger partial charge is 0.486 e. The number of hydrogen-bond donors (Lipinski definition) is 1. The summed E-state index contributed by atoms with van der Waals surface area (Å²) in [6.07, 6.45) is 0.256. The summed E-state index contributed by atoms with van der Waals surface area (Å²) in [4.78, 5) is 12.1. The summed E-state index contributed by atoms with van der Waals surface area (Å²) >= 11 is 2.99. The van der Waals surface area contributed by atoms with Gasteiger partial charge in [0.2, 0.25) is 11.0 Å². The summed E-state index contributed by atoms with van der Waals surface area (Å²) < 4.78 is 11.8. The number of nitrogens with one attached hydrogen (secondary N) is 1. The minimum atomic E-state index is -0.124. The van der Waals surface area contributed by atoms with Gasteiger partial charge >= 0.3 is 0 Å². The molecule has 1 aromatic heterocycles. The molecule has 8 heteroatoms. The van der Waals surface area contributed by atoms with Gasteiger partial charge in [-0.1, -0.05) is 36.1 Å². The number of thioether (sulfide) groups is 1. The van der Waals surface area contributed by atoms with Crippen molar-refractivity contribution in [1.82, 2.24) is 10.2 Å². The average Bonchev–Trinajstić information content (AvgIpc) is 2.94. The van der Waals surface area contributed by atoms with Crippen molar-refractivity contribution in [3.63, 3.8) is 0 Å². The Morgan fingerprint density at radius 3 is 2.95 bits per heavy atom. The highest BCUT2D eigenvalue weighted by atomic mass is 32.2. The number of aromatic nitrogens is 2. The van der Waals surface area contributed by atoms with Crippen molar-refractivity contribution in [1.29, 1.82) is 0 Å². The third kappa shape index (κ3) is 3.69. The maximum Gasteiger partial charge on any atom is 0.230 e. The van der Waals surface area contributed by atoms with Crippen LogP contribution < -0.4 is 14.8 Å². The van der Waals surface area contributed by atoms with Gasteiger partial charge in [0.1, 0.15) is 13.2 Å². The first-order chi connectivity index (χ1) is 10.7. The molecule has 3 rings (SSSR count). The molecule has 6 nitrogen and oxygen atoms in total. The molecule has 2 aromatic rings. The van der Waals surface area contributed by atoms with Crippen molar-refractivity contribution >= 4 is 34.1 Å². The molecule has 1 amide bonds. The van der Waals surface area contributed by atoms with Gasteiger partial charge < -0.3 is 14.8 Å². The molecular formula is C14H15N3O3S2. The van der Waals surface area contributed by atoms with Crippen LogP contribution in [0.5, 0.6) is 11.5 Å². The van der Waals surface area contributed by atoms with Gasteiger partial charge in [-0.05, 0) is 23.4 Å². The van der Waals surface area contributed by atoms with Crippen LogP contribution in [0, 0.1) is 0 Å². The number of anilines is 1. The van der Waals surface area contributed by atoms with Crippen molar-refractivity contribution in [3.8, 4) is 11.5 Å². The zero-order valence-electron chi connectivity index (χ0n) is 12.0. The summed E-state index contributed by atoms with van der Waals surface area (Å²) in [6, 6.07) is 5.54. The van der Waals surface area contributed by atoms with Gasteiger partial charge in [-0.15, -0.1) is 10.2 Å². The number of amides is 1. The van der Waals surface area contributed by atoms with Gasteiger partial charge in [-0.2, -0.15) is 0 Å². The van der Waals surface area contributed by atoms with Gasteiger partial charge in [0.25, 0.3) is 0 Å². The van der Waals surface area contributed by atoms with E-state index in [1.54, 1.807) is 11.8 Å². The first-order valence-corrected chi connectivity index (χ1v) is 8.69. The first-order valence-electron chi connectivity index (χ1n) is 6.89. The Morgan fingerprint density at radius 2 is 2.14 bits per heavy atom. The summed E-state index contributed by atoms with van der Waals surface area (Å²) in [6.45, 7) is 3.14. The second-order valence-electron chi connectivity index (χ2n) is 4.51. The minimum Gasteiger partial charge on any atom is -0.486 e. The number of benzene rings is 1. The van der Waals surface area contributed by atoms with Gasteiger partial charge in [-0.3, -0.25) is 4.79 Å². The summed E-state index contributed by atoms with van der Waals surface area (Å²) in [5.74, 6) is 2.22. The van der Waals surface area contributed by atoms with E-state index in [0.29, 0.717) is 24.1 Å². The summed E-state index contributed by atoms with van der Waals surface area (Å²) in [5.41, 5.74) is 0.870. The highest BCUT2D eigenvalue weighted by molar-refractivity contribution is 8.01.